The van der Waals surface area contributed by atoms with Crippen LogP contribution in [0.4, 0.5) is 4.39 Å². The molecule has 0 radical (unpaired) electrons. The predicted octanol–water partition coefficient (Wildman–Crippen LogP) is 2.92. The highest BCUT2D eigenvalue weighted by Crippen LogP contribution is 2.29. The molecule has 1 aromatic carbocycles. The Labute approximate surface area is 158 Å². The Kier molecular flexibility index (Phi) is 6.40. The van der Waals surface area contributed by atoms with E-state index in [1.54, 1.807) is 23.5 Å². The summed E-state index contributed by atoms with van der Waals surface area (Å²) in [4.78, 5) is 18.6. The van der Waals surface area contributed by atoms with Gasteiger partial charge in [-0.05, 0) is 43.1 Å². The Morgan fingerprint density at radius 3 is 2.50 bits per heavy atom. The molecular formula is C20H26FN3OS. The summed E-state index contributed by atoms with van der Waals surface area (Å²) in [7, 11) is 2.14. The van der Waals surface area contributed by atoms with Crippen LogP contribution in [0.25, 0.3) is 0 Å². The molecule has 1 saturated heterocycles. The van der Waals surface area contributed by atoms with E-state index in [0.717, 1.165) is 31.7 Å². The zero-order valence-corrected chi connectivity index (χ0v) is 16.1. The van der Waals surface area contributed by atoms with E-state index in [2.05, 4.69) is 46.6 Å². The normalized spacial score (nSPS) is 18.4. The van der Waals surface area contributed by atoms with Crippen LogP contribution in [0.15, 0.2) is 41.8 Å². The van der Waals surface area contributed by atoms with Crippen molar-refractivity contribution in [2.75, 3.05) is 33.2 Å². The van der Waals surface area contributed by atoms with Crippen molar-refractivity contribution in [2.45, 2.75) is 25.4 Å². The molecule has 2 aromatic rings. The van der Waals surface area contributed by atoms with E-state index in [-0.39, 0.29) is 30.2 Å². The van der Waals surface area contributed by atoms with Crippen LogP contribution in [-0.2, 0) is 11.2 Å². The summed E-state index contributed by atoms with van der Waals surface area (Å²) in [6, 6.07) is 10.5. The zero-order valence-electron chi connectivity index (χ0n) is 15.3. The number of carbonyl (C=O) groups is 1. The zero-order chi connectivity index (χ0) is 18.5. The third kappa shape index (κ3) is 4.90. The fraction of sp³-hybridized carbons (Fsp3) is 0.450. The molecule has 1 aliphatic rings. The fourth-order valence-electron chi connectivity index (χ4n) is 3.47. The number of thiophene rings is 1. The molecule has 1 aliphatic heterocycles. The van der Waals surface area contributed by atoms with Gasteiger partial charge in [-0.1, -0.05) is 18.2 Å². The molecule has 1 fully saturated rings. The molecule has 2 heterocycles. The van der Waals surface area contributed by atoms with Crippen LogP contribution in [-0.4, -0.2) is 55.0 Å². The summed E-state index contributed by atoms with van der Waals surface area (Å²) in [6.45, 7) is 6.15. The second-order valence-corrected chi connectivity index (χ2v) is 7.94. The van der Waals surface area contributed by atoms with Crippen molar-refractivity contribution in [3.63, 3.8) is 0 Å². The molecule has 1 N–H and O–H groups in total. The van der Waals surface area contributed by atoms with Gasteiger partial charge in [-0.25, -0.2) is 4.39 Å². The van der Waals surface area contributed by atoms with Gasteiger partial charge in [0.1, 0.15) is 5.82 Å². The first kappa shape index (κ1) is 19.0. The smallest absolute Gasteiger partial charge is 0.224 e. The average Bonchev–Trinajstić information content (AvgIpc) is 3.13. The lowest BCUT2D eigenvalue weighted by molar-refractivity contribution is -0.121. The molecule has 4 nitrogen and oxygen atoms in total. The topological polar surface area (TPSA) is 35.6 Å². The van der Waals surface area contributed by atoms with Crippen LogP contribution in [0.2, 0.25) is 0 Å². The number of benzene rings is 1. The molecule has 0 unspecified atom stereocenters. The van der Waals surface area contributed by atoms with Crippen LogP contribution >= 0.6 is 11.3 Å². The van der Waals surface area contributed by atoms with E-state index < -0.39 is 0 Å². The Morgan fingerprint density at radius 1 is 1.19 bits per heavy atom. The number of nitrogens with one attached hydrogen (secondary N) is 1. The van der Waals surface area contributed by atoms with Crippen molar-refractivity contribution in [1.29, 1.82) is 0 Å². The van der Waals surface area contributed by atoms with Gasteiger partial charge in [0, 0.05) is 37.1 Å². The number of carbonyl (C=O) groups excluding carboxylic acids is 1. The van der Waals surface area contributed by atoms with Crippen LogP contribution < -0.4 is 5.32 Å². The molecule has 1 aromatic heterocycles. The summed E-state index contributed by atoms with van der Waals surface area (Å²) in [5, 5.41) is 5.25. The van der Waals surface area contributed by atoms with E-state index in [1.807, 2.05) is 0 Å². The number of likely N-dealkylation sites (N-methyl/N-ethyl adjacent to an activating group) is 1. The van der Waals surface area contributed by atoms with E-state index >= 15 is 0 Å². The van der Waals surface area contributed by atoms with E-state index in [1.165, 1.54) is 17.0 Å². The molecule has 3 rings (SSSR count). The predicted molar refractivity (Wildman–Crippen MR) is 104 cm³/mol. The second-order valence-electron chi connectivity index (χ2n) is 6.96. The molecule has 0 saturated carbocycles. The number of hydrogen-bond donors (Lipinski definition) is 1. The van der Waals surface area contributed by atoms with Gasteiger partial charge in [0.25, 0.3) is 0 Å². The quantitative estimate of drug-likeness (QED) is 0.843. The number of rotatable bonds is 6. The summed E-state index contributed by atoms with van der Waals surface area (Å²) in [5.41, 5.74) is 0.823. The highest BCUT2D eigenvalue weighted by Gasteiger charge is 2.30. The van der Waals surface area contributed by atoms with Crippen molar-refractivity contribution in [3.8, 4) is 0 Å². The molecule has 0 aliphatic carbocycles. The van der Waals surface area contributed by atoms with Crippen molar-refractivity contribution in [1.82, 2.24) is 15.1 Å². The molecule has 140 valence electrons. The summed E-state index contributed by atoms with van der Waals surface area (Å²) >= 11 is 1.74. The van der Waals surface area contributed by atoms with E-state index in [9.17, 15) is 9.18 Å². The first-order chi connectivity index (χ1) is 12.5. The monoisotopic (exact) mass is 375 g/mol. The summed E-state index contributed by atoms with van der Waals surface area (Å²) < 4.78 is 13.0. The maximum Gasteiger partial charge on any atom is 0.224 e. The molecule has 2 atom stereocenters. The van der Waals surface area contributed by atoms with E-state index in [0.29, 0.717) is 0 Å². The Bertz CT molecular complexity index is 696. The molecule has 6 heteroatoms. The number of halogens is 1. The number of nitrogens with zero attached hydrogens (tertiary/aromatic N) is 2. The SMILES string of the molecule is C[C@H](NC(=O)Cc1ccc(F)cc1)[C@@H](c1cccs1)N1CCN(C)CC1. The highest BCUT2D eigenvalue weighted by atomic mass is 32.1. The summed E-state index contributed by atoms with van der Waals surface area (Å²) in [5.74, 6) is -0.310. The fourth-order valence-corrected chi connectivity index (χ4v) is 4.44. The van der Waals surface area contributed by atoms with Crippen LogP contribution in [0.3, 0.4) is 0 Å². The summed E-state index contributed by atoms with van der Waals surface area (Å²) in [6.07, 6.45) is 0.268. The minimum Gasteiger partial charge on any atom is -0.351 e. The van der Waals surface area contributed by atoms with Gasteiger partial charge < -0.3 is 10.2 Å². The van der Waals surface area contributed by atoms with Gasteiger partial charge in [-0.2, -0.15) is 0 Å². The van der Waals surface area contributed by atoms with Crippen LogP contribution in [0.1, 0.15) is 23.4 Å². The lowest BCUT2D eigenvalue weighted by Crippen LogP contribution is -2.51. The van der Waals surface area contributed by atoms with Crippen molar-refractivity contribution >= 4 is 17.2 Å². The van der Waals surface area contributed by atoms with Gasteiger partial charge in [-0.15, -0.1) is 11.3 Å². The first-order valence-corrected chi connectivity index (χ1v) is 9.90. The maximum atomic E-state index is 13.0. The molecule has 1 amide bonds. The molecule has 26 heavy (non-hydrogen) atoms. The van der Waals surface area contributed by atoms with Crippen molar-refractivity contribution < 1.29 is 9.18 Å². The first-order valence-electron chi connectivity index (χ1n) is 9.03. The van der Waals surface area contributed by atoms with Gasteiger partial charge in [0.15, 0.2) is 0 Å². The van der Waals surface area contributed by atoms with Crippen molar-refractivity contribution in [2.24, 2.45) is 0 Å². The van der Waals surface area contributed by atoms with Crippen LogP contribution in [0.5, 0.6) is 0 Å². The van der Waals surface area contributed by atoms with Crippen LogP contribution in [0, 0.1) is 5.82 Å². The molecular weight excluding hydrogens is 349 g/mol. The van der Waals surface area contributed by atoms with Gasteiger partial charge in [-0.3, -0.25) is 9.69 Å². The van der Waals surface area contributed by atoms with Gasteiger partial charge in [0.05, 0.1) is 12.5 Å². The number of piperazine rings is 1. The van der Waals surface area contributed by atoms with Gasteiger partial charge in [0.2, 0.25) is 5.91 Å². The minimum absolute atomic E-state index is 0.00463. The van der Waals surface area contributed by atoms with E-state index in [4.69, 9.17) is 0 Å². The maximum absolute atomic E-state index is 13.0. The number of hydrogen-bond acceptors (Lipinski definition) is 4. The Hall–Kier alpha value is -1.76. The standard InChI is InChI=1S/C20H26FN3OS/c1-15(22-19(25)14-16-5-7-17(21)8-6-16)20(18-4-3-13-26-18)24-11-9-23(2)10-12-24/h3-8,13,15,20H,9-12,14H2,1-2H3,(H,22,25)/t15-,20-/m0/s1. The average molecular weight is 376 g/mol. The lowest BCUT2D eigenvalue weighted by atomic mass is 10.0. The Balaban J connectivity index is 1.66. The third-order valence-corrected chi connectivity index (χ3v) is 5.85. The second kappa shape index (κ2) is 8.75. The molecule has 0 spiro atoms. The largest absolute Gasteiger partial charge is 0.351 e. The number of amides is 1. The van der Waals surface area contributed by atoms with Gasteiger partial charge >= 0.3 is 0 Å². The highest BCUT2D eigenvalue weighted by molar-refractivity contribution is 7.10. The minimum atomic E-state index is -0.282. The van der Waals surface area contributed by atoms with Crippen molar-refractivity contribution in [3.05, 3.63) is 58.0 Å². The lowest BCUT2D eigenvalue weighted by Gasteiger charge is -2.40. The molecule has 0 bridgehead atoms. The Morgan fingerprint density at radius 2 is 1.88 bits per heavy atom. The third-order valence-electron chi connectivity index (χ3n) is 4.91.